The first kappa shape index (κ1) is 50.8. The number of rotatable bonds is 16. The van der Waals surface area contributed by atoms with Crippen molar-refractivity contribution in [2.45, 2.75) is 91.8 Å². The van der Waals surface area contributed by atoms with Crippen LogP contribution in [0.25, 0.3) is 23.3 Å². The number of aromatic amines is 2. The molecule has 0 fully saturated rings. The van der Waals surface area contributed by atoms with Gasteiger partial charge in [-0.25, -0.2) is 13.6 Å². The standard InChI is InChI=1S/C27H33FN4O5.C22H25FN4O3/c1-15-20(14-30-22(15)13-19-18-12-17(28)9-10-21(18)31-25(19)35)24(34)29-11-7-8-23(33)16(2)32(6)26(36)37-27(3,4)5;1-12-17(21(29)25-8-4-5-20(28)13(2)24-3)11-26-19(12)10-16-15-9-14(23)6-7-18(15)27-22(16)30/h9-10,12-14,16,30H,7-8,11H2,1-6H3,(H,29,34)(H,31,35);6-7,9-11,13,24,26H,4-5,8H2,1-3H3,(H,25,29)(H,27,30)/b19-13-;16-10-/t16-;13-/m00/s1. The number of fused-ring (bicyclic) bond motifs is 2. The van der Waals surface area contributed by atoms with Crippen molar-refractivity contribution in [3.8, 4) is 0 Å². The summed E-state index contributed by atoms with van der Waals surface area (Å²) in [6, 6.07) is 7.33. The van der Waals surface area contributed by atoms with Gasteiger partial charge in [-0.1, -0.05) is 0 Å². The Morgan fingerprint density at radius 3 is 1.58 bits per heavy atom. The van der Waals surface area contributed by atoms with Crippen molar-refractivity contribution >= 4 is 76.0 Å². The third-order valence-corrected chi connectivity index (χ3v) is 11.4. The van der Waals surface area contributed by atoms with E-state index in [1.165, 1.54) is 48.3 Å². The van der Waals surface area contributed by atoms with Gasteiger partial charge in [0.05, 0.1) is 34.4 Å². The number of benzene rings is 2. The topological polar surface area (TPSA) is 224 Å². The molecule has 2 atom stereocenters. The molecule has 0 radical (unpaired) electrons. The van der Waals surface area contributed by atoms with Crippen LogP contribution in [0.2, 0.25) is 0 Å². The molecule has 4 aromatic rings. The first-order valence-corrected chi connectivity index (χ1v) is 21.9. The van der Waals surface area contributed by atoms with Crippen LogP contribution in [0.4, 0.5) is 25.0 Å². The first-order valence-electron chi connectivity index (χ1n) is 21.9. The Balaban J connectivity index is 0.000000256. The molecule has 16 nitrogen and oxygen atoms in total. The Morgan fingerprint density at radius 2 is 1.16 bits per heavy atom. The van der Waals surface area contributed by atoms with Gasteiger partial charge in [-0.15, -0.1) is 0 Å². The number of hydrogen-bond donors (Lipinski definition) is 7. The molecule has 2 aliphatic rings. The fourth-order valence-corrected chi connectivity index (χ4v) is 7.10. The smallest absolute Gasteiger partial charge is 0.410 e. The number of anilines is 2. The fourth-order valence-electron chi connectivity index (χ4n) is 7.10. The largest absolute Gasteiger partial charge is 0.444 e. The van der Waals surface area contributed by atoms with Crippen LogP contribution in [0.3, 0.4) is 0 Å². The van der Waals surface area contributed by atoms with Gasteiger partial charge in [0.25, 0.3) is 23.6 Å². The fraction of sp³-hybridized carbons (Fsp3) is 0.367. The second kappa shape index (κ2) is 21.9. The highest BCUT2D eigenvalue weighted by Gasteiger charge is 2.29. The van der Waals surface area contributed by atoms with Crippen molar-refractivity contribution in [3.63, 3.8) is 0 Å². The average molecular weight is 925 g/mol. The summed E-state index contributed by atoms with van der Waals surface area (Å²) in [6.45, 7) is 12.9. The van der Waals surface area contributed by atoms with Gasteiger partial charge < -0.3 is 46.2 Å². The predicted octanol–water partition coefficient (Wildman–Crippen LogP) is 6.93. The third-order valence-electron chi connectivity index (χ3n) is 11.4. The van der Waals surface area contributed by atoms with Gasteiger partial charge in [-0.3, -0.25) is 28.8 Å². The molecule has 356 valence electrons. The summed E-state index contributed by atoms with van der Waals surface area (Å²) in [7, 11) is 3.25. The molecule has 0 bridgehead atoms. The summed E-state index contributed by atoms with van der Waals surface area (Å²) in [6.07, 6.45) is 7.28. The molecule has 2 aliphatic heterocycles. The van der Waals surface area contributed by atoms with E-state index in [9.17, 15) is 42.3 Å². The molecular weight excluding hydrogens is 867 g/mol. The van der Waals surface area contributed by atoms with Crippen LogP contribution in [-0.2, 0) is 23.9 Å². The lowest BCUT2D eigenvalue weighted by molar-refractivity contribution is -0.123. The molecule has 0 aliphatic carbocycles. The summed E-state index contributed by atoms with van der Waals surface area (Å²) < 4.78 is 32.6. The number of likely N-dealkylation sites (N-methyl/N-ethyl adjacent to an activating group) is 2. The zero-order valence-corrected chi connectivity index (χ0v) is 39.1. The van der Waals surface area contributed by atoms with Crippen LogP contribution < -0.4 is 26.6 Å². The predicted molar refractivity (Wildman–Crippen MR) is 252 cm³/mol. The van der Waals surface area contributed by atoms with E-state index in [0.717, 1.165) is 0 Å². The number of ether oxygens (including phenoxy) is 1. The maximum atomic E-state index is 13.7. The minimum absolute atomic E-state index is 0.102. The van der Waals surface area contributed by atoms with Gasteiger partial charge >= 0.3 is 6.09 Å². The molecule has 67 heavy (non-hydrogen) atoms. The number of H-pyrrole nitrogens is 2. The van der Waals surface area contributed by atoms with Crippen molar-refractivity contribution in [2.24, 2.45) is 0 Å². The van der Waals surface area contributed by atoms with Gasteiger partial charge in [0.1, 0.15) is 23.0 Å². The lowest BCUT2D eigenvalue weighted by Gasteiger charge is -2.28. The van der Waals surface area contributed by atoms with Gasteiger partial charge in [0.15, 0.2) is 5.78 Å². The van der Waals surface area contributed by atoms with Crippen LogP contribution in [0.1, 0.15) is 115 Å². The lowest BCUT2D eigenvalue weighted by Crippen LogP contribution is -2.43. The molecule has 0 spiro atoms. The minimum atomic E-state index is -0.656. The van der Waals surface area contributed by atoms with Crippen molar-refractivity contribution in [1.82, 2.24) is 30.8 Å². The lowest BCUT2D eigenvalue weighted by atomic mass is 10.0. The Labute approximate surface area is 387 Å². The highest BCUT2D eigenvalue weighted by molar-refractivity contribution is 6.35. The first-order chi connectivity index (χ1) is 31.6. The molecule has 0 saturated heterocycles. The molecule has 18 heteroatoms. The number of carbonyl (C=O) groups is 7. The highest BCUT2D eigenvalue weighted by atomic mass is 19.1. The summed E-state index contributed by atoms with van der Waals surface area (Å²) in [5.41, 5.74) is 5.32. The summed E-state index contributed by atoms with van der Waals surface area (Å²) in [5.74, 6) is -2.17. The zero-order valence-electron chi connectivity index (χ0n) is 39.1. The molecule has 0 unspecified atom stereocenters. The summed E-state index contributed by atoms with van der Waals surface area (Å²) in [4.78, 5) is 93.5. The minimum Gasteiger partial charge on any atom is -0.444 e. The number of ketones is 2. The quantitative estimate of drug-likeness (QED) is 0.0457. The molecule has 7 N–H and O–H groups in total. The summed E-state index contributed by atoms with van der Waals surface area (Å²) in [5, 5.41) is 13.9. The van der Waals surface area contributed by atoms with E-state index in [-0.39, 0.29) is 54.2 Å². The Morgan fingerprint density at radius 1 is 0.731 bits per heavy atom. The van der Waals surface area contributed by atoms with E-state index in [2.05, 4.69) is 36.6 Å². The normalized spacial score (nSPS) is 14.9. The van der Waals surface area contributed by atoms with Crippen LogP contribution >= 0.6 is 0 Å². The number of nitrogens with one attached hydrogen (secondary N) is 7. The number of halogens is 2. The molecule has 4 heterocycles. The Kier molecular flexibility index (Phi) is 16.6. The van der Waals surface area contributed by atoms with Crippen molar-refractivity contribution < 1.29 is 47.1 Å². The molecule has 2 aromatic heterocycles. The number of Topliss-reactive ketones (excluding diaryl/α,β-unsaturated/α-hetero) is 2. The monoisotopic (exact) mass is 924 g/mol. The number of aromatic nitrogens is 2. The van der Waals surface area contributed by atoms with Crippen LogP contribution in [0, 0.1) is 25.5 Å². The van der Waals surface area contributed by atoms with E-state index in [0.29, 0.717) is 93.1 Å². The zero-order chi connectivity index (χ0) is 49.3. The third kappa shape index (κ3) is 12.8. The van der Waals surface area contributed by atoms with E-state index >= 15 is 0 Å². The van der Waals surface area contributed by atoms with Gasteiger partial charge in [0.2, 0.25) is 0 Å². The van der Waals surface area contributed by atoms with Crippen LogP contribution in [0.5, 0.6) is 0 Å². The van der Waals surface area contributed by atoms with Crippen molar-refractivity contribution in [3.05, 3.63) is 105 Å². The Hall–Kier alpha value is -7.21. The van der Waals surface area contributed by atoms with Crippen molar-refractivity contribution in [2.75, 3.05) is 37.8 Å². The highest BCUT2D eigenvalue weighted by Crippen LogP contribution is 2.35. The maximum absolute atomic E-state index is 13.7. The average Bonchev–Trinajstić information content (AvgIpc) is 4.01. The van der Waals surface area contributed by atoms with E-state index < -0.39 is 29.4 Å². The number of amides is 5. The maximum Gasteiger partial charge on any atom is 0.410 e. The molecule has 0 saturated carbocycles. The van der Waals surface area contributed by atoms with Gasteiger partial charge in [-0.05, 0) is 128 Å². The molecule has 5 amide bonds. The summed E-state index contributed by atoms with van der Waals surface area (Å²) >= 11 is 0. The number of hydrogen-bond acceptors (Lipinski definition) is 9. The van der Waals surface area contributed by atoms with E-state index in [1.54, 1.807) is 80.1 Å². The van der Waals surface area contributed by atoms with Crippen LogP contribution in [0.15, 0.2) is 48.8 Å². The second-order valence-electron chi connectivity index (χ2n) is 17.3. The Bertz CT molecular complexity index is 2640. The van der Waals surface area contributed by atoms with E-state index in [4.69, 9.17) is 4.74 Å². The second-order valence-corrected chi connectivity index (χ2v) is 17.3. The van der Waals surface area contributed by atoms with Gasteiger partial charge in [-0.2, -0.15) is 0 Å². The van der Waals surface area contributed by atoms with Gasteiger partial charge in [0, 0.05) is 79.3 Å². The molecular formula is C49H58F2N8O8. The van der Waals surface area contributed by atoms with E-state index in [1.807, 2.05) is 0 Å². The number of nitrogens with zero attached hydrogens (tertiary/aromatic N) is 1. The molecule has 6 rings (SSSR count). The van der Waals surface area contributed by atoms with Crippen molar-refractivity contribution in [1.29, 1.82) is 0 Å². The van der Waals surface area contributed by atoms with Crippen LogP contribution in [-0.4, -0.2) is 101 Å². The number of carbonyl (C=O) groups excluding carboxylic acids is 7. The SMILES string of the molecule is CN[C@@H](C)C(=O)CCCNC(=O)c1c[nH]c(/C=C2\C(=O)Nc3ccc(F)cc32)c1C.Cc1c(C(=O)NCCCC(=O)[C@H](C)N(C)C(=O)OC(C)(C)C)c[nH]c1/C=C1\C(=O)Nc2ccc(F)cc21. The molecule has 2 aromatic carbocycles.